The van der Waals surface area contributed by atoms with E-state index < -0.39 is 0 Å². The smallest absolute Gasteiger partial charge is 0.131 e. The number of hydrogen-bond donors (Lipinski definition) is 1. The standard InChI is InChI=1S/C16H17ClFNO/c1-11-3-2-4-12(7-8-19)16(11)20-10-13-5-6-14(17)9-15(13)18/h2-6,9H,7-8,10,19H2,1H3. The number of ether oxygens (including phenoxy) is 1. The van der Waals surface area contributed by atoms with Crippen molar-refractivity contribution in [2.45, 2.75) is 20.0 Å². The van der Waals surface area contributed by atoms with Crippen LogP contribution >= 0.6 is 11.6 Å². The normalized spacial score (nSPS) is 10.6. The van der Waals surface area contributed by atoms with Gasteiger partial charge in [-0.05, 0) is 43.1 Å². The fourth-order valence-corrected chi connectivity index (χ4v) is 2.22. The molecule has 0 amide bonds. The van der Waals surface area contributed by atoms with Gasteiger partial charge in [0.25, 0.3) is 0 Å². The average Bonchev–Trinajstić information content (AvgIpc) is 2.40. The number of benzene rings is 2. The minimum absolute atomic E-state index is 0.172. The molecule has 0 saturated carbocycles. The summed E-state index contributed by atoms with van der Waals surface area (Å²) < 4.78 is 19.5. The second-order valence-corrected chi connectivity index (χ2v) is 5.06. The van der Waals surface area contributed by atoms with Crippen molar-refractivity contribution in [3.8, 4) is 5.75 Å². The summed E-state index contributed by atoms with van der Waals surface area (Å²) in [6.07, 6.45) is 0.736. The molecule has 0 aliphatic rings. The Kier molecular flexibility index (Phi) is 4.99. The van der Waals surface area contributed by atoms with Crippen molar-refractivity contribution in [2.75, 3.05) is 6.54 Å². The lowest BCUT2D eigenvalue weighted by Gasteiger charge is -2.14. The van der Waals surface area contributed by atoms with Crippen LogP contribution in [0.1, 0.15) is 16.7 Å². The Hall–Kier alpha value is -1.58. The van der Waals surface area contributed by atoms with Crippen LogP contribution in [0.15, 0.2) is 36.4 Å². The molecule has 2 nitrogen and oxygen atoms in total. The summed E-state index contributed by atoms with van der Waals surface area (Å²) in [4.78, 5) is 0. The van der Waals surface area contributed by atoms with Gasteiger partial charge in [0, 0.05) is 10.6 Å². The Morgan fingerprint density at radius 2 is 2.00 bits per heavy atom. The fraction of sp³-hybridized carbons (Fsp3) is 0.250. The quantitative estimate of drug-likeness (QED) is 0.908. The third-order valence-electron chi connectivity index (χ3n) is 3.09. The van der Waals surface area contributed by atoms with Crippen molar-refractivity contribution < 1.29 is 9.13 Å². The van der Waals surface area contributed by atoms with E-state index in [0.29, 0.717) is 17.1 Å². The second kappa shape index (κ2) is 6.73. The molecule has 0 saturated heterocycles. The van der Waals surface area contributed by atoms with Gasteiger partial charge in [-0.25, -0.2) is 4.39 Å². The van der Waals surface area contributed by atoms with Crippen molar-refractivity contribution in [1.29, 1.82) is 0 Å². The maximum Gasteiger partial charge on any atom is 0.131 e. The van der Waals surface area contributed by atoms with E-state index in [0.717, 1.165) is 23.3 Å². The molecule has 2 aromatic rings. The Morgan fingerprint density at radius 1 is 1.20 bits per heavy atom. The molecular formula is C16H17ClFNO. The van der Waals surface area contributed by atoms with Crippen LogP contribution in [0.25, 0.3) is 0 Å². The van der Waals surface area contributed by atoms with Gasteiger partial charge < -0.3 is 10.5 Å². The fourth-order valence-electron chi connectivity index (χ4n) is 2.06. The van der Waals surface area contributed by atoms with E-state index in [1.807, 2.05) is 25.1 Å². The molecule has 106 valence electrons. The van der Waals surface area contributed by atoms with Crippen LogP contribution in [0.5, 0.6) is 5.75 Å². The zero-order chi connectivity index (χ0) is 14.5. The number of nitrogens with two attached hydrogens (primary N) is 1. The summed E-state index contributed by atoms with van der Waals surface area (Å²) in [5.74, 6) is 0.429. The van der Waals surface area contributed by atoms with E-state index in [2.05, 4.69) is 0 Å². The first kappa shape index (κ1) is 14.8. The minimum atomic E-state index is -0.355. The van der Waals surface area contributed by atoms with Gasteiger partial charge >= 0.3 is 0 Å². The highest BCUT2D eigenvalue weighted by Crippen LogP contribution is 2.25. The Balaban J connectivity index is 2.18. The zero-order valence-corrected chi connectivity index (χ0v) is 12.1. The molecule has 0 unspecified atom stereocenters. The van der Waals surface area contributed by atoms with Crippen LogP contribution in [0.2, 0.25) is 5.02 Å². The number of para-hydroxylation sites is 1. The molecule has 0 fully saturated rings. The SMILES string of the molecule is Cc1cccc(CCN)c1OCc1ccc(Cl)cc1F. The summed E-state index contributed by atoms with van der Waals surface area (Å²) in [7, 11) is 0. The molecule has 4 heteroatoms. The molecule has 0 atom stereocenters. The van der Waals surface area contributed by atoms with Crippen LogP contribution in [-0.2, 0) is 13.0 Å². The molecule has 0 aliphatic heterocycles. The Bertz CT molecular complexity index is 601. The lowest BCUT2D eigenvalue weighted by atomic mass is 10.1. The van der Waals surface area contributed by atoms with Gasteiger partial charge in [-0.2, -0.15) is 0 Å². The van der Waals surface area contributed by atoms with Crippen LogP contribution < -0.4 is 10.5 Å². The number of aryl methyl sites for hydroxylation is 1. The summed E-state index contributed by atoms with van der Waals surface area (Å²) >= 11 is 5.73. The monoisotopic (exact) mass is 293 g/mol. The largest absolute Gasteiger partial charge is 0.488 e. The summed E-state index contributed by atoms with van der Waals surface area (Å²) in [6, 6.07) is 10.5. The third kappa shape index (κ3) is 3.50. The van der Waals surface area contributed by atoms with Crippen molar-refractivity contribution in [3.05, 3.63) is 63.9 Å². The highest BCUT2D eigenvalue weighted by molar-refractivity contribution is 6.30. The highest BCUT2D eigenvalue weighted by atomic mass is 35.5. The van der Waals surface area contributed by atoms with Gasteiger partial charge in [0.1, 0.15) is 18.2 Å². The van der Waals surface area contributed by atoms with E-state index in [1.54, 1.807) is 12.1 Å². The third-order valence-corrected chi connectivity index (χ3v) is 3.33. The first-order chi connectivity index (χ1) is 9.61. The molecule has 0 heterocycles. The average molecular weight is 294 g/mol. The van der Waals surface area contributed by atoms with Crippen molar-refractivity contribution in [1.82, 2.24) is 0 Å². The lowest BCUT2D eigenvalue weighted by Crippen LogP contribution is -2.07. The van der Waals surface area contributed by atoms with Gasteiger partial charge in [0.05, 0.1) is 0 Å². The zero-order valence-electron chi connectivity index (χ0n) is 11.3. The Labute approximate surface area is 123 Å². The lowest BCUT2D eigenvalue weighted by molar-refractivity contribution is 0.294. The molecule has 0 aromatic heterocycles. The minimum Gasteiger partial charge on any atom is -0.488 e. The van der Waals surface area contributed by atoms with Crippen molar-refractivity contribution in [2.24, 2.45) is 5.73 Å². The van der Waals surface area contributed by atoms with E-state index in [4.69, 9.17) is 22.1 Å². The van der Waals surface area contributed by atoms with E-state index in [-0.39, 0.29) is 12.4 Å². The predicted molar refractivity (Wildman–Crippen MR) is 79.7 cm³/mol. The van der Waals surface area contributed by atoms with Crippen molar-refractivity contribution in [3.63, 3.8) is 0 Å². The molecule has 0 aliphatic carbocycles. The van der Waals surface area contributed by atoms with Gasteiger partial charge in [-0.15, -0.1) is 0 Å². The predicted octanol–water partition coefficient (Wildman–Crippen LogP) is 3.87. The molecule has 0 radical (unpaired) electrons. The van der Waals surface area contributed by atoms with Gasteiger partial charge in [-0.3, -0.25) is 0 Å². The topological polar surface area (TPSA) is 35.2 Å². The summed E-state index contributed by atoms with van der Waals surface area (Å²) in [5, 5.41) is 0.381. The first-order valence-corrected chi connectivity index (χ1v) is 6.85. The van der Waals surface area contributed by atoms with Gasteiger partial charge in [0.15, 0.2) is 0 Å². The molecule has 2 aromatic carbocycles. The van der Waals surface area contributed by atoms with Crippen LogP contribution in [0, 0.1) is 12.7 Å². The maximum atomic E-state index is 13.7. The van der Waals surface area contributed by atoms with E-state index in [1.165, 1.54) is 6.07 Å². The number of halogens is 2. The molecule has 0 spiro atoms. The van der Waals surface area contributed by atoms with E-state index in [9.17, 15) is 4.39 Å². The number of rotatable bonds is 5. The Morgan fingerprint density at radius 3 is 2.70 bits per heavy atom. The molecule has 2 N–H and O–H groups in total. The molecular weight excluding hydrogens is 277 g/mol. The second-order valence-electron chi connectivity index (χ2n) is 4.63. The van der Waals surface area contributed by atoms with Gasteiger partial charge in [-0.1, -0.05) is 35.9 Å². The summed E-state index contributed by atoms with van der Waals surface area (Å²) in [6.45, 7) is 2.69. The maximum absolute atomic E-state index is 13.7. The van der Waals surface area contributed by atoms with Crippen LogP contribution in [-0.4, -0.2) is 6.54 Å². The highest BCUT2D eigenvalue weighted by Gasteiger charge is 2.09. The summed E-state index contributed by atoms with van der Waals surface area (Å²) in [5.41, 5.74) is 8.14. The van der Waals surface area contributed by atoms with Crippen LogP contribution in [0.3, 0.4) is 0 Å². The first-order valence-electron chi connectivity index (χ1n) is 6.47. The van der Waals surface area contributed by atoms with Crippen LogP contribution in [0.4, 0.5) is 4.39 Å². The van der Waals surface area contributed by atoms with Gasteiger partial charge in [0.2, 0.25) is 0 Å². The molecule has 20 heavy (non-hydrogen) atoms. The molecule has 0 bridgehead atoms. The van der Waals surface area contributed by atoms with Crippen molar-refractivity contribution >= 4 is 11.6 Å². The van der Waals surface area contributed by atoms with E-state index >= 15 is 0 Å². The number of hydrogen-bond acceptors (Lipinski definition) is 2. The molecule has 2 rings (SSSR count).